The van der Waals surface area contributed by atoms with E-state index < -0.39 is 5.97 Å². The number of carboxylic acids is 1. The molecule has 0 fully saturated rings. The average Bonchev–Trinajstić information content (AvgIpc) is 3.11. The van der Waals surface area contributed by atoms with Crippen LogP contribution in [0, 0.1) is 0 Å². The van der Waals surface area contributed by atoms with Gasteiger partial charge in [-0.15, -0.1) is 0 Å². The van der Waals surface area contributed by atoms with Crippen molar-refractivity contribution in [2.45, 2.75) is 6.92 Å². The second-order valence-electron chi connectivity index (χ2n) is 5.42. The first-order chi connectivity index (χ1) is 13.0. The molecule has 0 saturated carbocycles. The van der Waals surface area contributed by atoms with Gasteiger partial charge in [-0.3, -0.25) is 9.36 Å². The third kappa shape index (κ3) is 5.82. The van der Waals surface area contributed by atoms with Crippen LogP contribution in [0.2, 0.25) is 0 Å². The Kier molecular flexibility index (Phi) is 7.33. The van der Waals surface area contributed by atoms with E-state index in [9.17, 15) is 0 Å². The summed E-state index contributed by atoms with van der Waals surface area (Å²) < 4.78 is 12.8. The number of aromatic nitrogens is 3. The normalized spacial score (nSPS) is 10.0. The summed E-state index contributed by atoms with van der Waals surface area (Å²) in [5.74, 6) is 1.18. The van der Waals surface area contributed by atoms with Crippen molar-refractivity contribution < 1.29 is 19.4 Å². The molecule has 3 rings (SSSR count). The molecule has 0 aliphatic carbocycles. The number of nitrogens with two attached hydrogens (primary N) is 1. The molecule has 0 spiro atoms. The molecule has 2 heterocycles. The number of rotatable bonds is 6. The average molecular weight is 370 g/mol. The van der Waals surface area contributed by atoms with Gasteiger partial charge in [-0.1, -0.05) is 12.1 Å². The Balaban J connectivity index is 0.000000596. The van der Waals surface area contributed by atoms with Crippen LogP contribution < -0.4 is 10.5 Å². The van der Waals surface area contributed by atoms with Crippen molar-refractivity contribution in [1.29, 1.82) is 0 Å². The largest absolute Gasteiger partial charge is 0.489 e. The van der Waals surface area contributed by atoms with Gasteiger partial charge in [0.2, 0.25) is 0 Å². The van der Waals surface area contributed by atoms with Crippen molar-refractivity contribution in [3.8, 4) is 22.8 Å². The zero-order valence-corrected chi connectivity index (χ0v) is 15.2. The number of ether oxygens (including phenoxy) is 2. The summed E-state index contributed by atoms with van der Waals surface area (Å²) in [6.07, 6.45) is 5.31. The van der Waals surface area contributed by atoms with Gasteiger partial charge in [-0.25, -0.2) is 9.97 Å². The highest BCUT2D eigenvalue weighted by molar-refractivity contribution is 5.63. The number of carboxylic acid groups (broad SMARTS) is 1. The Morgan fingerprint density at radius 1 is 1.19 bits per heavy atom. The van der Waals surface area contributed by atoms with Crippen molar-refractivity contribution in [2.75, 3.05) is 26.1 Å². The lowest BCUT2D eigenvalue weighted by Gasteiger charge is -2.14. The zero-order chi connectivity index (χ0) is 19.6. The number of hydrogen-bond acceptors (Lipinski definition) is 6. The van der Waals surface area contributed by atoms with E-state index in [0.29, 0.717) is 19.0 Å². The van der Waals surface area contributed by atoms with E-state index in [1.807, 2.05) is 41.1 Å². The third-order valence-corrected chi connectivity index (χ3v) is 3.35. The second-order valence-corrected chi connectivity index (χ2v) is 5.42. The maximum atomic E-state index is 9.00. The van der Waals surface area contributed by atoms with Gasteiger partial charge in [0.15, 0.2) is 0 Å². The minimum Gasteiger partial charge on any atom is -0.489 e. The van der Waals surface area contributed by atoms with E-state index in [2.05, 4.69) is 9.97 Å². The van der Waals surface area contributed by atoms with Crippen molar-refractivity contribution in [1.82, 2.24) is 14.5 Å². The van der Waals surface area contributed by atoms with Crippen LogP contribution in [0.4, 0.5) is 5.82 Å². The van der Waals surface area contributed by atoms with Gasteiger partial charge in [-0.05, 0) is 24.3 Å². The number of carbonyl (C=O) groups is 1. The Bertz CT molecular complexity index is 875. The predicted molar refractivity (Wildman–Crippen MR) is 102 cm³/mol. The molecule has 0 radical (unpaired) electrons. The maximum absolute atomic E-state index is 9.00. The smallest absolute Gasteiger partial charge is 0.300 e. The highest BCUT2D eigenvalue weighted by atomic mass is 16.5. The molecule has 0 saturated heterocycles. The van der Waals surface area contributed by atoms with E-state index in [-0.39, 0.29) is 0 Å². The Morgan fingerprint density at radius 2 is 1.93 bits per heavy atom. The van der Waals surface area contributed by atoms with E-state index in [0.717, 1.165) is 29.7 Å². The van der Waals surface area contributed by atoms with Crippen molar-refractivity contribution in [3.05, 3.63) is 55.0 Å². The van der Waals surface area contributed by atoms with Crippen LogP contribution in [0.1, 0.15) is 6.92 Å². The number of nitrogen functional groups attached to an aromatic ring is 1. The Hall–Kier alpha value is -3.39. The van der Waals surface area contributed by atoms with Crippen molar-refractivity contribution >= 4 is 11.8 Å². The standard InChI is InChI=1S/C17H18N4O2.C2H4O2/c1-22-10-11-23-15-5-3-2-4-14(15)21-9-8-20-17(21)13-6-7-19-16(18)12-13;1-2(3)4/h2-9,12H,10-11H2,1H3,(H2,18,19);1H3,(H,3,4). The summed E-state index contributed by atoms with van der Waals surface area (Å²) in [7, 11) is 1.65. The highest BCUT2D eigenvalue weighted by Crippen LogP contribution is 2.28. The summed E-state index contributed by atoms with van der Waals surface area (Å²) in [5.41, 5.74) is 7.58. The fraction of sp³-hybridized carbons (Fsp3) is 0.211. The van der Waals surface area contributed by atoms with Crippen LogP contribution in [0.3, 0.4) is 0 Å². The van der Waals surface area contributed by atoms with Crippen LogP contribution in [-0.4, -0.2) is 45.9 Å². The van der Waals surface area contributed by atoms with Crippen LogP contribution in [0.5, 0.6) is 5.75 Å². The van der Waals surface area contributed by atoms with Crippen LogP contribution in [-0.2, 0) is 9.53 Å². The fourth-order valence-corrected chi connectivity index (χ4v) is 2.31. The number of anilines is 1. The first kappa shape index (κ1) is 19.9. The fourth-order valence-electron chi connectivity index (χ4n) is 2.31. The molecule has 0 aliphatic rings. The number of imidazole rings is 1. The molecule has 0 aliphatic heterocycles. The summed E-state index contributed by atoms with van der Waals surface area (Å²) in [5, 5.41) is 7.42. The van der Waals surface area contributed by atoms with E-state index in [4.69, 9.17) is 25.1 Å². The molecule has 0 bridgehead atoms. The molecule has 3 aromatic rings. The number of benzene rings is 1. The first-order valence-corrected chi connectivity index (χ1v) is 8.19. The molecule has 142 valence electrons. The lowest BCUT2D eigenvalue weighted by atomic mass is 10.2. The van der Waals surface area contributed by atoms with Crippen LogP contribution in [0.15, 0.2) is 55.0 Å². The topological polar surface area (TPSA) is 112 Å². The number of hydrogen-bond donors (Lipinski definition) is 2. The minimum absolute atomic E-state index is 0.460. The molecular weight excluding hydrogens is 348 g/mol. The van der Waals surface area contributed by atoms with E-state index >= 15 is 0 Å². The highest BCUT2D eigenvalue weighted by Gasteiger charge is 2.12. The molecule has 2 aromatic heterocycles. The summed E-state index contributed by atoms with van der Waals surface area (Å²) in [6.45, 7) is 2.10. The summed E-state index contributed by atoms with van der Waals surface area (Å²) in [6, 6.07) is 11.5. The monoisotopic (exact) mass is 370 g/mol. The van der Waals surface area contributed by atoms with E-state index in [1.165, 1.54) is 0 Å². The van der Waals surface area contributed by atoms with Crippen LogP contribution >= 0.6 is 0 Å². The van der Waals surface area contributed by atoms with Crippen molar-refractivity contribution in [2.24, 2.45) is 0 Å². The molecule has 27 heavy (non-hydrogen) atoms. The number of nitrogens with zero attached hydrogens (tertiary/aromatic N) is 3. The Labute approximate surface area is 157 Å². The zero-order valence-electron chi connectivity index (χ0n) is 15.2. The van der Waals surface area contributed by atoms with Gasteiger partial charge in [0.1, 0.15) is 24.0 Å². The number of pyridine rings is 1. The minimum atomic E-state index is -0.833. The molecular formula is C19H22N4O4. The van der Waals surface area contributed by atoms with Gasteiger partial charge < -0.3 is 20.3 Å². The van der Waals surface area contributed by atoms with E-state index in [1.54, 1.807) is 25.6 Å². The summed E-state index contributed by atoms with van der Waals surface area (Å²) in [4.78, 5) is 17.5. The first-order valence-electron chi connectivity index (χ1n) is 8.19. The van der Waals surface area contributed by atoms with Gasteiger partial charge in [0.25, 0.3) is 5.97 Å². The number of para-hydroxylation sites is 2. The SMILES string of the molecule is CC(=O)O.COCCOc1ccccc1-n1ccnc1-c1ccnc(N)c1. The predicted octanol–water partition coefficient (Wildman–Crippen LogP) is 2.63. The lowest BCUT2D eigenvalue weighted by Crippen LogP contribution is -2.07. The molecule has 0 unspecified atom stereocenters. The van der Waals surface area contributed by atoms with Gasteiger partial charge in [0.05, 0.1) is 12.3 Å². The van der Waals surface area contributed by atoms with Gasteiger partial charge in [0, 0.05) is 38.2 Å². The molecule has 0 amide bonds. The Morgan fingerprint density at radius 3 is 2.63 bits per heavy atom. The van der Waals surface area contributed by atoms with Gasteiger partial charge >= 0.3 is 0 Å². The maximum Gasteiger partial charge on any atom is 0.300 e. The number of aliphatic carboxylic acids is 1. The quantitative estimate of drug-likeness (QED) is 0.641. The van der Waals surface area contributed by atoms with Crippen LogP contribution in [0.25, 0.3) is 17.1 Å². The molecule has 8 nitrogen and oxygen atoms in total. The molecule has 1 aromatic carbocycles. The molecule has 3 N–H and O–H groups in total. The molecule has 8 heteroatoms. The summed E-state index contributed by atoms with van der Waals surface area (Å²) >= 11 is 0. The van der Waals surface area contributed by atoms with Crippen molar-refractivity contribution in [3.63, 3.8) is 0 Å². The second kappa shape index (κ2) is 9.93. The van der Waals surface area contributed by atoms with Gasteiger partial charge in [-0.2, -0.15) is 0 Å². The molecule has 0 atom stereocenters. The lowest BCUT2D eigenvalue weighted by molar-refractivity contribution is -0.134. The number of methoxy groups -OCH3 is 1. The third-order valence-electron chi connectivity index (χ3n) is 3.35.